The predicted octanol–water partition coefficient (Wildman–Crippen LogP) is 26.5. The number of unbranched alkanes of at least 4 members (excludes halogenated alkanes) is 61. The molecule has 5 atom stereocenters. The third-order valence-electron chi connectivity index (χ3n) is 20.4. The first-order valence-corrected chi connectivity index (χ1v) is 47.8. The Hall–Kier alpha value is -1.94. The van der Waals surface area contributed by atoms with Crippen LogP contribution in [0, 0.1) is 0 Å². The molecule has 17 nitrogen and oxygen atoms in total. The SMILES string of the molecule is CCCCCCCCCCCCCCCCCCCCCC(=O)OC[C@H](COP(=O)(O)OC[C@@H](O)COP(=O)(O)OC[C@@H](COC(=O)CCCCCCCCCC)OC(=O)CCCCCCCCCCCCCCCCCCCCC)OC(=O)CCCCCCCCCCCCCCCCCCCCC. The van der Waals surface area contributed by atoms with Gasteiger partial charge >= 0.3 is 39.5 Å². The lowest BCUT2D eigenvalue weighted by Crippen LogP contribution is -2.30. The van der Waals surface area contributed by atoms with E-state index in [2.05, 4.69) is 27.7 Å². The minimum atomic E-state index is -4.96. The Labute approximate surface area is 645 Å². The van der Waals surface area contributed by atoms with E-state index in [-0.39, 0.29) is 25.7 Å². The summed E-state index contributed by atoms with van der Waals surface area (Å²) in [5, 5.41) is 10.7. The van der Waals surface area contributed by atoms with Crippen LogP contribution in [0.25, 0.3) is 0 Å². The van der Waals surface area contributed by atoms with Gasteiger partial charge in [-0.3, -0.25) is 37.3 Å². The van der Waals surface area contributed by atoms with Crippen molar-refractivity contribution in [2.45, 2.75) is 489 Å². The molecule has 0 rings (SSSR count). The van der Waals surface area contributed by atoms with Crippen molar-refractivity contribution in [1.82, 2.24) is 0 Å². The number of rotatable bonds is 87. The van der Waals surface area contributed by atoms with Crippen LogP contribution >= 0.6 is 15.6 Å². The van der Waals surface area contributed by atoms with Crippen molar-refractivity contribution in [3.8, 4) is 0 Å². The summed E-state index contributed by atoms with van der Waals surface area (Å²) in [6.07, 6.45) is 75.2. The molecule has 624 valence electrons. The van der Waals surface area contributed by atoms with Crippen molar-refractivity contribution in [2.75, 3.05) is 39.6 Å². The predicted molar refractivity (Wildman–Crippen MR) is 432 cm³/mol. The summed E-state index contributed by atoms with van der Waals surface area (Å²) in [6.45, 7) is 5.03. The molecule has 0 aliphatic heterocycles. The quantitative estimate of drug-likeness (QED) is 0.0222. The van der Waals surface area contributed by atoms with Gasteiger partial charge in [0.2, 0.25) is 0 Å². The van der Waals surface area contributed by atoms with E-state index in [1.54, 1.807) is 0 Å². The molecule has 105 heavy (non-hydrogen) atoms. The van der Waals surface area contributed by atoms with Gasteiger partial charge < -0.3 is 33.8 Å². The zero-order valence-electron chi connectivity index (χ0n) is 68.7. The van der Waals surface area contributed by atoms with E-state index in [0.717, 1.165) is 89.9 Å². The van der Waals surface area contributed by atoms with E-state index in [1.807, 2.05) is 0 Å². The number of carbonyl (C=O) groups is 4. The molecule has 3 N–H and O–H groups in total. The molecule has 0 heterocycles. The van der Waals surface area contributed by atoms with E-state index in [4.69, 9.17) is 37.0 Å². The van der Waals surface area contributed by atoms with E-state index < -0.39 is 97.5 Å². The molecule has 0 amide bonds. The summed E-state index contributed by atoms with van der Waals surface area (Å²) in [7, 11) is -9.92. The molecule has 0 saturated carbocycles. The first-order valence-electron chi connectivity index (χ1n) is 44.8. The van der Waals surface area contributed by atoms with Gasteiger partial charge in [-0.05, 0) is 25.7 Å². The number of hydrogen-bond donors (Lipinski definition) is 3. The number of aliphatic hydroxyl groups is 1. The van der Waals surface area contributed by atoms with Gasteiger partial charge in [-0.15, -0.1) is 0 Å². The summed E-state index contributed by atoms with van der Waals surface area (Å²) in [4.78, 5) is 73.1. The largest absolute Gasteiger partial charge is 0.472 e. The summed E-state index contributed by atoms with van der Waals surface area (Å²) in [5.41, 5.74) is 0. The molecule has 0 aromatic carbocycles. The van der Waals surface area contributed by atoms with Crippen LogP contribution in [0.4, 0.5) is 0 Å². The Morgan fingerprint density at radius 3 is 0.562 bits per heavy atom. The molecule has 0 aliphatic carbocycles. The van der Waals surface area contributed by atoms with Gasteiger partial charge in [-0.1, -0.05) is 419 Å². The molecule has 2 unspecified atom stereocenters. The van der Waals surface area contributed by atoms with Crippen molar-refractivity contribution >= 4 is 39.5 Å². The molecule has 0 aliphatic rings. The number of phosphoric acid groups is 2. The molecule has 0 bridgehead atoms. The first-order chi connectivity index (χ1) is 51.2. The van der Waals surface area contributed by atoms with Crippen LogP contribution in [0.15, 0.2) is 0 Å². The van der Waals surface area contributed by atoms with Gasteiger partial charge in [0, 0.05) is 25.7 Å². The van der Waals surface area contributed by atoms with Crippen LogP contribution in [-0.2, 0) is 65.4 Å². The fourth-order valence-corrected chi connectivity index (χ4v) is 15.1. The average molecular weight is 1540 g/mol. The molecule has 0 fully saturated rings. The Kier molecular flexibility index (Phi) is 78.6. The Bertz CT molecular complexity index is 1980. The van der Waals surface area contributed by atoms with Crippen LogP contribution in [-0.4, -0.2) is 96.7 Å². The monoisotopic (exact) mass is 1540 g/mol. The van der Waals surface area contributed by atoms with Crippen LogP contribution < -0.4 is 0 Å². The van der Waals surface area contributed by atoms with E-state index in [1.165, 1.54) is 302 Å². The second-order valence-corrected chi connectivity index (χ2v) is 33.8. The number of ether oxygens (including phenoxy) is 4. The Morgan fingerprint density at radius 2 is 0.381 bits per heavy atom. The first kappa shape index (κ1) is 103. The zero-order valence-corrected chi connectivity index (χ0v) is 70.5. The third-order valence-corrected chi connectivity index (χ3v) is 22.3. The van der Waals surface area contributed by atoms with Crippen LogP contribution in [0.1, 0.15) is 471 Å². The van der Waals surface area contributed by atoms with Crippen LogP contribution in [0.3, 0.4) is 0 Å². The van der Waals surface area contributed by atoms with Gasteiger partial charge in [-0.25, -0.2) is 9.13 Å². The molecule has 0 aromatic rings. The van der Waals surface area contributed by atoms with E-state index in [0.29, 0.717) is 25.7 Å². The Morgan fingerprint density at radius 1 is 0.229 bits per heavy atom. The summed E-state index contributed by atoms with van der Waals surface area (Å²) < 4.78 is 68.8. The van der Waals surface area contributed by atoms with Crippen molar-refractivity contribution in [1.29, 1.82) is 0 Å². The van der Waals surface area contributed by atoms with E-state index in [9.17, 15) is 43.2 Å². The highest BCUT2D eigenvalue weighted by Gasteiger charge is 2.30. The normalized spacial score (nSPS) is 13.7. The van der Waals surface area contributed by atoms with Crippen molar-refractivity contribution < 1.29 is 80.2 Å². The minimum absolute atomic E-state index is 0.109. The Balaban J connectivity index is 5.17. The molecule has 0 aromatic heterocycles. The maximum Gasteiger partial charge on any atom is 0.472 e. The molecule has 19 heteroatoms. The lowest BCUT2D eigenvalue weighted by atomic mass is 10.0. The molecule has 0 radical (unpaired) electrons. The summed E-state index contributed by atoms with van der Waals surface area (Å²) in [6, 6.07) is 0. The van der Waals surface area contributed by atoms with Crippen molar-refractivity contribution in [2.24, 2.45) is 0 Å². The second-order valence-electron chi connectivity index (χ2n) is 30.9. The van der Waals surface area contributed by atoms with Gasteiger partial charge in [0.1, 0.15) is 19.3 Å². The number of carbonyl (C=O) groups excluding carboxylic acids is 4. The standard InChI is InChI=1S/C86H168O17P2/c1-5-9-13-17-21-25-28-31-34-37-40-43-46-49-52-55-59-63-67-71-84(89)97-77-82(103-86(91)73-69-65-61-57-54-51-48-45-42-39-36-33-30-27-23-19-15-11-7-3)79-101-105(94,95)99-75-80(87)74-98-104(92,93)100-78-81(76-96-83(88)70-66-62-58-24-20-16-12-8-4)102-85(90)72-68-64-60-56-53-50-47-44-41-38-35-32-29-26-22-18-14-10-6-2/h80-82,87H,5-79H2,1-4H3,(H,92,93)(H,94,95)/t80-,81+,82+/m0/s1. The van der Waals surface area contributed by atoms with Gasteiger partial charge in [0.05, 0.1) is 26.4 Å². The highest BCUT2D eigenvalue weighted by atomic mass is 31.2. The molecule has 0 saturated heterocycles. The van der Waals surface area contributed by atoms with E-state index >= 15 is 0 Å². The topological polar surface area (TPSA) is 237 Å². The number of hydrogen-bond acceptors (Lipinski definition) is 15. The third kappa shape index (κ3) is 79.9. The highest BCUT2D eigenvalue weighted by molar-refractivity contribution is 7.47. The molecule has 0 spiro atoms. The van der Waals surface area contributed by atoms with Gasteiger partial charge in [0.25, 0.3) is 0 Å². The van der Waals surface area contributed by atoms with Crippen molar-refractivity contribution in [3.05, 3.63) is 0 Å². The maximum absolute atomic E-state index is 13.1. The number of esters is 4. The zero-order chi connectivity index (χ0) is 76.7. The van der Waals surface area contributed by atoms with Gasteiger partial charge in [0.15, 0.2) is 12.2 Å². The summed E-state index contributed by atoms with van der Waals surface area (Å²) >= 11 is 0. The maximum atomic E-state index is 13.1. The number of phosphoric ester groups is 2. The fourth-order valence-electron chi connectivity index (χ4n) is 13.5. The fraction of sp³-hybridized carbons (Fsp3) is 0.953. The van der Waals surface area contributed by atoms with Crippen LogP contribution in [0.2, 0.25) is 0 Å². The minimum Gasteiger partial charge on any atom is -0.462 e. The number of aliphatic hydroxyl groups excluding tert-OH is 1. The summed E-state index contributed by atoms with van der Waals surface area (Å²) in [5.74, 6) is -2.10. The molecular formula is C86H168O17P2. The van der Waals surface area contributed by atoms with Crippen molar-refractivity contribution in [3.63, 3.8) is 0 Å². The average Bonchev–Trinajstić information content (AvgIpc) is 0.927. The van der Waals surface area contributed by atoms with Crippen LogP contribution in [0.5, 0.6) is 0 Å². The van der Waals surface area contributed by atoms with Gasteiger partial charge in [-0.2, -0.15) is 0 Å². The lowest BCUT2D eigenvalue weighted by Gasteiger charge is -2.21. The lowest BCUT2D eigenvalue weighted by molar-refractivity contribution is -0.161. The highest BCUT2D eigenvalue weighted by Crippen LogP contribution is 2.45. The molecular weight excluding hydrogens is 1370 g/mol. The smallest absolute Gasteiger partial charge is 0.462 e. The second kappa shape index (κ2) is 80.1.